The summed E-state index contributed by atoms with van der Waals surface area (Å²) in [6, 6.07) is 0. The predicted molar refractivity (Wildman–Crippen MR) is 92.0 cm³/mol. The lowest BCUT2D eigenvalue weighted by Gasteiger charge is -2.28. The second-order valence-corrected chi connectivity index (χ2v) is 6.63. The molecule has 0 spiro atoms. The van der Waals surface area contributed by atoms with Crippen molar-refractivity contribution in [2.75, 3.05) is 85.8 Å². The van der Waals surface area contributed by atoms with E-state index >= 15 is 0 Å². The largest absolute Gasteiger partial charge is 0.305 e. The molecular weight excluding hydrogens is 268 g/mol. The van der Waals surface area contributed by atoms with Gasteiger partial charge in [-0.25, -0.2) is 0 Å². The van der Waals surface area contributed by atoms with Gasteiger partial charge in [0, 0.05) is 38.5 Å². The van der Waals surface area contributed by atoms with Gasteiger partial charge in [0.15, 0.2) is 0 Å². The van der Waals surface area contributed by atoms with Gasteiger partial charge in [-0.15, -0.1) is 0 Å². The van der Waals surface area contributed by atoms with Crippen LogP contribution in [0.15, 0.2) is 0 Å². The quantitative estimate of drug-likeness (QED) is 0.758. The minimum Gasteiger partial charge on any atom is -0.305 e. The molecule has 1 rings (SSSR count). The first-order chi connectivity index (χ1) is 9.61. The maximum atomic E-state index is 4.39. The number of rotatable bonds is 2. The molecular formula is C15H34N4S. The highest BCUT2D eigenvalue weighted by Crippen LogP contribution is 1.99. The molecule has 0 saturated carbocycles. The second kappa shape index (κ2) is 10.9. The number of thiol groups is 1. The molecule has 20 heavy (non-hydrogen) atoms. The van der Waals surface area contributed by atoms with Crippen LogP contribution in [-0.2, 0) is 0 Å². The van der Waals surface area contributed by atoms with Crippen LogP contribution in [0.3, 0.4) is 0 Å². The third kappa shape index (κ3) is 8.47. The molecule has 1 heterocycles. The van der Waals surface area contributed by atoms with Crippen LogP contribution in [0.25, 0.3) is 0 Å². The zero-order valence-electron chi connectivity index (χ0n) is 13.7. The summed E-state index contributed by atoms with van der Waals surface area (Å²) in [4.78, 5) is 9.96. The fourth-order valence-electron chi connectivity index (χ4n) is 2.64. The Hall–Kier alpha value is 0.190. The topological polar surface area (TPSA) is 13.0 Å². The minimum absolute atomic E-state index is 0.963. The van der Waals surface area contributed by atoms with Gasteiger partial charge >= 0.3 is 0 Å². The van der Waals surface area contributed by atoms with Crippen LogP contribution in [0.5, 0.6) is 0 Å². The molecule has 0 N–H and O–H groups in total. The average molecular weight is 303 g/mol. The number of hydrogen-bond acceptors (Lipinski definition) is 5. The molecule has 0 aromatic heterocycles. The van der Waals surface area contributed by atoms with E-state index in [9.17, 15) is 0 Å². The van der Waals surface area contributed by atoms with Crippen LogP contribution in [0.4, 0.5) is 0 Å². The Balaban J connectivity index is 2.44. The van der Waals surface area contributed by atoms with Gasteiger partial charge in [0.05, 0.1) is 0 Å². The van der Waals surface area contributed by atoms with Crippen molar-refractivity contribution in [1.29, 1.82) is 0 Å². The van der Waals surface area contributed by atoms with Gasteiger partial charge in [-0.05, 0) is 60.2 Å². The second-order valence-electron chi connectivity index (χ2n) is 6.18. The van der Waals surface area contributed by atoms with Gasteiger partial charge in [0.2, 0.25) is 0 Å². The lowest BCUT2D eigenvalue weighted by Crippen LogP contribution is -2.39. The van der Waals surface area contributed by atoms with Gasteiger partial charge in [0.25, 0.3) is 0 Å². The predicted octanol–water partition coefficient (Wildman–Crippen LogP) is 0.807. The van der Waals surface area contributed by atoms with Crippen molar-refractivity contribution in [3.05, 3.63) is 0 Å². The van der Waals surface area contributed by atoms with Crippen molar-refractivity contribution in [2.45, 2.75) is 12.8 Å². The lowest BCUT2D eigenvalue weighted by atomic mass is 10.3. The maximum absolute atomic E-state index is 4.39. The zero-order chi connectivity index (χ0) is 14.8. The third-order valence-corrected chi connectivity index (χ3v) is 4.37. The molecule has 1 aliphatic heterocycles. The van der Waals surface area contributed by atoms with Crippen LogP contribution >= 0.6 is 12.6 Å². The van der Waals surface area contributed by atoms with E-state index in [1.54, 1.807) is 0 Å². The van der Waals surface area contributed by atoms with Crippen LogP contribution in [0, 0.1) is 0 Å². The Kier molecular flexibility index (Phi) is 9.90. The maximum Gasteiger partial charge on any atom is 0.0110 e. The third-order valence-electron chi connectivity index (χ3n) is 4.17. The highest BCUT2D eigenvalue weighted by atomic mass is 32.1. The Bertz CT molecular complexity index is 240. The molecule has 0 aromatic carbocycles. The summed E-state index contributed by atoms with van der Waals surface area (Å²) in [6.07, 6.45) is 2.53. The Labute approximate surface area is 131 Å². The van der Waals surface area contributed by atoms with Gasteiger partial charge in [-0.1, -0.05) is 0 Å². The number of likely N-dealkylation sites (N-methyl/N-ethyl adjacent to an activating group) is 3. The average Bonchev–Trinajstić information content (AvgIpc) is 2.41. The van der Waals surface area contributed by atoms with E-state index in [4.69, 9.17) is 0 Å². The van der Waals surface area contributed by atoms with Gasteiger partial charge in [-0.2, -0.15) is 12.6 Å². The summed E-state index contributed by atoms with van der Waals surface area (Å²) in [5.74, 6) is 0.963. The first kappa shape index (κ1) is 18.2. The highest BCUT2D eigenvalue weighted by Gasteiger charge is 2.09. The highest BCUT2D eigenvalue weighted by molar-refractivity contribution is 7.80. The van der Waals surface area contributed by atoms with Gasteiger partial charge < -0.3 is 19.6 Å². The van der Waals surface area contributed by atoms with E-state index in [2.05, 4.69) is 53.4 Å². The van der Waals surface area contributed by atoms with E-state index in [0.29, 0.717) is 0 Å². The molecule has 0 unspecified atom stereocenters. The molecule has 1 saturated heterocycles. The molecule has 0 aliphatic carbocycles. The van der Waals surface area contributed by atoms with E-state index < -0.39 is 0 Å². The van der Waals surface area contributed by atoms with Crippen LogP contribution < -0.4 is 0 Å². The van der Waals surface area contributed by atoms with Gasteiger partial charge in [0.1, 0.15) is 0 Å². The number of hydrogen-bond donors (Lipinski definition) is 1. The molecule has 0 atom stereocenters. The van der Waals surface area contributed by atoms with Gasteiger partial charge in [-0.3, -0.25) is 0 Å². The zero-order valence-corrected chi connectivity index (χ0v) is 14.6. The van der Waals surface area contributed by atoms with Crippen molar-refractivity contribution >= 4 is 12.6 Å². The summed E-state index contributed by atoms with van der Waals surface area (Å²) >= 11 is 4.39. The molecule has 1 aliphatic rings. The van der Waals surface area contributed by atoms with Crippen molar-refractivity contribution in [1.82, 2.24) is 19.6 Å². The lowest BCUT2D eigenvalue weighted by molar-refractivity contribution is 0.195. The summed E-state index contributed by atoms with van der Waals surface area (Å²) in [5, 5.41) is 0. The van der Waals surface area contributed by atoms with Crippen LogP contribution in [0.2, 0.25) is 0 Å². The summed E-state index contributed by atoms with van der Waals surface area (Å²) < 4.78 is 0. The molecule has 0 amide bonds. The smallest absolute Gasteiger partial charge is 0.0110 e. The van der Waals surface area contributed by atoms with E-state index in [1.807, 2.05) is 0 Å². The van der Waals surface area contributed by atoms with E-state index in [-0.39, 0.29) is 0 Å². The monoisotopic (exact) mass is 302 g/mol. The summed E-state index contributed by atoms with van der Waals surface area (Å²) in [5.41, 5.74) is 0. The Morgan fingerprint density at radius 1 is 0.650 bits per heavy atom. The standard InChI is InChI=1S/C15H34N4S/c1-16-6-4-7-18(3)12-13-19(14-15-20)9-5-8-17(2)11-10-16/h20H,4-15H2,1-3H3. The SMILES string of the molecule is CN1CCCN(C)CCN(CCS)CCCN(C)CC1. The first-order valence-corrected chi connectivity index (χ1v) is 8.64. The first-order valence-electron chi connectivity index (χ1n) is 8.00. The molecule has 4 nitrogen and oxygen atoms in total. The van der Waals surface area contributed by atoms with Crippen molar-refractivity contribution in [3.63, 3.8) is 0 Å². The molecule has 120 valence electrons. The molecule has 0 bridgehead atoms. The molecule has 5 heteroatoms. The Morgan fingerprint density at radius 3 is 1.60 bits per heavy atom. The van der Waals surface area contributed by atoms with Crippen LogP contribution in [-0.4, -0.2) is 105 Å². The molecule has 0 aromatic rings. The normalized spacial score (nSPS) is 24.6. The van der Waals surface area contributed by atoms with E-state index in [0.717, 1.165) is 12.3 Å². The number of nitrogens with zero attached hydrogens (tertiary/aromatic N) is 4. The summed E-state index contributed by atoms with van der Waals surface area (Å²) in [6.45, 7) is 10.6. The van der Waals surface area contributed by atoms with Crippen molar-refractivity contribution < 1.29 is 0 Å². The molecule has 0 radical (unpaired) electrons. The summed E-state index contributed by atoms with van der Waals surface area (Å²) in [7, 11) is 6.74. The van der Waals surface area contributed by atoms with Crippen molar-refractivity contribution in [2.24, 2.45) is 0 Å². The van der Waals surface area contributed by atoms with E-state index in [1.165, 1.54) is 65.2 Å². The van der Waals surface area contributed by atoms with Crippen LogP contribution in [0.1, 0.15) is 12.8 Å². The minimum atomic E-state index is 0.963. The fraction of sp³-hybridized carbons (Fsp3) is 1.00. The van der Waals surface area contributed by atoms with Crippen molar-refractivity contribution in [3.8, 4) is 0 Å². The Morgan fingerprint density at radius 2 is 1.10 bits per heavy atom. The molecule has 1 fully saturated rings. The fourth-order valence-corrected chi connectivity index (χ4v) is 2.92.